The second-order valence-electron chi connectivity index (χ2n) is 32.2. The van der Waals surface area contributed by atoms with Gasteiger partial charge in [0.25, 0.3) is 0 Å². The molecule has 130 heavy (non-hydrogen) atoms. The van der Waals surface area contributed by atoms with Crippen molar-refractivity contribution in [2.45, 2.75) is 0 Å². The highest BCUT2D eigenvalue weighted by atomic mass is 27.3. The molecule has 1 aliphatic rings. The number of nitriles is 1. The summed E-state index contributed by atoms with van der Waals surface area (Å²) in [5.41, 5.74) is 27.1. The lowest BCUT2D eigenvalue weighted by atomic mass is 9.82. The minimum atomic E-state index is -2.86. The molecule has 23 aromatic rings. The zero-order chi connectivity index (χ0) is 86.6. The molecule has 0 fully saturated rings. The van der Waals surface area contributed by atoms with Gasteiger partial charge in [0.2, 0.25) is 0 Å². The van der Waals surface area contributed by atoms with E-state index in [-0.39, 0.29) is 0 Å². The summed E-state index contributed by atoms with van der Waals surface area (Å²) in [4.78, 5) is 18.2. The molecule has 0 unspecified atom stereocenters. The van der Waals surface area contributed by atoms with Gasteiger partial charge in [-0.1, -0.05) is 340 Å². The van der Waals surface area contributed by atoms with E-state index in [1.165, 1.54) is 121 Å². The molecule has 10 heteroatoms. The Morgan fingerprint density at radius 3 is 1.02 bits per heavy atom. The third kappa shape index (κ3) is 15.3. The lowest BCUT2D eigenvalue weighted by molar-refractivity contribution is 0.311. The number of pyridine rings is 3. The van der Waals surface area contributed by atoms with Gasteiger partial charge in [-0.15, -0.1) is 0 Å². The molecule has 610 valence electrons. The van der Waals surface area contributed by atoms with Gasteiger partial charge in [-0.2, -0.15) is 5.26 Å². The Kier molecular flexibility index (Phi) is 21.3. The van der Waals surface area contributed by atoms with Crippen LogP contribution in [0.4, 0.5) is 34.1 Å². The van der Waals surface area contributed by atoms with E-state index in [9.17, 15) is 5.26 Å². The molecule has 1 aliphatic carbocycles. The van der Waals surface area contributed by atoms with Gasteiger partial charge in [0.05, 0.1) is 23.0 Å². The number of hydrogen-bond acceptors (Lipinski definition) is 9. The number of benzene rings is 20. The summed E-state index contributed by atoms with van der Waals surface area (Å²) in [6.45, 7) is 0. The smallest absolute Gasteiger partial charge is 0.576 e. The summed E-state index contributed by atoms with van der Waals surface area (Å²) >= 11 is -2.86. The fourth-order valence-electron chi connectivity index (χ4n) is 18.5. The van der Waals surface area contributed by atoms with Crippen LogP contribution in [0, 0.1) is 11.3 Å². The van der Waals surface area contributed by atoms with E-state index in [1.807, 2.05) is 115 Å². The number of fused-ring (bicyclic) bond motifs is 10. The van der Waals surface area contributed by atoms with Crippen LogP contribution in [-0.2, 0) is 0 Å². The monoisotopic (exact) mass is 1680 g/mol. The van der Waals surface area contributed by atoms with E-state index in [0.29, 0.717) is 22.8 Å². The molecule has 0 saturated carbocycles. The van der Waals surface area contributed by atoms with Crippen molar-refractivity contribution in [1.29, 1.82) is 5.26 Å². The first-order valence-corrected chi connectivity index (χ1v) is 45.1. The molecule has 3 aromatic heterocycles. The van der Waals surface area contributed by atoms with Gasteiger partial charge < -0.3 is 21.2 Å². The molecule has 0 spiro atoms. The molecule has 24 rings (SSSR count). The summed E-state index contributed by atoms with van der Waals surface area (Å²) in [6.07, 6.45) is 5.24. The zero-order valence-corrected chi connectivity index (χ0v) is 71.8. The van der Waals surface area contributed by atoms with Crippen molar-refractivity contribution in [3.05, 3.63) is 485 Å². The highest BCUT2D eigenvalue weighted by molar-refractivity contribution is 6.40. The van der Waals surface area contributed by atoms with Crippen molar-refractivity contribution < 1.29 is 11.4 Å². The first-order valence-electron chi connectivity index (χ1n) is 43.6. The second-order valence-corrected chi connectivity index (χ2v) is 33.5. The molecule has 0 bridgehead atoms. The minimum Gasteiger partial charge on any atom is -0.576 e. The van der Waals surface area contributed by atoms with Gasteiger partial charge in [0.15, 0.2) is 0 Å². The molecule has 9 nitrogen and oxygen atoms in total. The van der Waals surface area contributed by atoms with Crippen molar-refractivity contribution in [1.82, 2.24) is 15.0 Å². The van der Waals surface area contributed by atoms with E-state index in [4.69, 9.17) is 11.4 Å². The van der Waals surface area contributed by atoms with E-state index in [1.54, 1.807) is 18.6 Å². The molecule has 0 N–H and O–H groups in total. The van der Waals surface area contributed by atoms with Gasteiger partial charge in [0, 0.05) is 68.3 Å². The average Bonchev–Trinajstić information content (AvgIpc) is 1.53. The van der Waals surface area contributed by atoms with Crippen LogP contribution in [0.1, 0.15) is 5.56 Å². The van der Waals surface area contributed by atoms with Gasteiger partial charge in [-0.05, 0) is 242 Å². The molecule has 0 aliphatic heterocycles. The van der Waals surface area contributed by atoms with E-state index >= 15 is 0 Å². The van der Waals surface area contributed by atoms with E-state index in [2.05, 4.69) is 377 Å². The number of anilines is 6. The Balaban J connectivity index is 0.000000117. The lowest BCUT2D eigenvalue weighted by Crippen LogP contribution is -2.37. The Labute approximate surface area is 758 Å². The lowest BCUT2D eigenvalue weighted by Gasteiger charge is -2.27. The molecule has 0 amide bonds. The predicted molar refractivity (Wildman–Crippen MR) is 539 cm³/mol. The van der Waals surface area contributed by atoms with Gasteiger partial charge in [-0.25, -0.2) is 0 Å². The zero-order valence-electron chi connectivity index (χ0n) is 70.6. The van der Waals surface area contributed by atoms with E-state index in [0.717, 1.165) is 78.0 Å². The molecule has 3 heterocycles. The third-order valence-electron chi connectivity index (χ3n) is 24.5. The molecule has 0 saturated heterocycles. The van der Waals surface area contributed by atoms with Crippen molar-refractivity contribution in [3.8, 4) is 101 Å². The van der Waals surface area contributed by atoms with Crippen molar-refractivity contribution >= 4 is 136 Å². The topological polar surface area (TPSA) is 96.6 Å². The van der Waals surface area contributed by atoms with Crippen molar-refractivity contribution in [3.63, 3.8) is 0 Å². The average molecular weight is 1680 g/mol. The SMILES string of the molecule is N#Cc1ccc(-c2ccc3cc(-c4ccc5c6c(cccc46)-c4c-5c(-c5ccccc5)c5ccccc5c4-c4ccccc4)ccc3c2)cc1.c1ccc(N(c2ccc(-c3ccc(N(c4ccccc4)c4cccc5ccccc45)cc3)cc2)c2cccc3ccccc23)cc1.c1cnc2c([O][Al]([O]c3cccc4cccnc34)[O]c3cccc4cccnc34)cccc2c1. The molecular weight excluding hydrogens is 1600 g/mol. The summed E-state index contributed by atoms with van der Waals surface area (Å²) in [5, 5.41) is 24.6. The maximum Gasteiger partial charge on any atom is 1.20 e. The van der Waals surface area contributed by atoms with Crippen LogP contribution in [-0.4, -0.2) is 30.1 Å². The normalized spacial score (nSPS) is 11.2. The number of para-hydroxylation sites is 5. The van der Waals surface area contributed by atoms with Crippen LogP contribution >= 0.6 is 0 Å². The van der Waals surface area contributed by atoms with E-state index < -0.39 is 15.1 Å². The minimum absolute atomic E-state index is 0.608. The van der Waals surface area contributed by atoms with Crippen LogP contribution in [0.2, 0.25) is 0 Å². The number of hydrogen-bond donors (Lipinski definition) is 0. The van der Waals surface area contributed by atoms with Crippen LogP contribution in [0.3, 0.4) is 0 Å². The maximum atomic E-state index is 9.21. The number of rotatable bonds is 17. The summed E-state index contributed by atoms with van der Waals surface area (Å²) < 4.78 is 19.2. The number of nitrogens with zero attached hydrogens (tertiary/aromatic N) is 6. The maximum absolute atomic E-state index is 9.21. The Bertz CT molecular complexity index is 7750. The first kappa shape index (κ1) is 78.9. The molecule has 0 radical (unpaired) electrons. The summed E-state index contributed by atoms with van der Waals surface area (Å²) in [6, 6.07) is 164. The fraction of sp³-hybridized carbons (Fsp3) is 0. The van der Waals surface area contributed by atoms with Crippen LogP contribution < -0.4 is 21.2 Å². The quantitative estimate of drug-likeness (QED) is 0.0826. The Morgan fingerprint density at radius 2 is 0.554 bits per heavy atom. The molecular formula is C120H79AlN6O3. The Hall–Kier alpha value is -17.0. The highest BCUT2D eigenvalue weighted by Crippen LogP contribution is 2.59. The molecule has 0 atom stereocenters. The van der Waals surface area contributed by atoms with Crippen molar-refractivity contribution in [2.24, 2.45) is 0 Å². The van der Waals surface area contributed by atoms with Gasteiger partial charge >= 0.3 is 15.1 Å². The largest absolute Gasteiger partial charge is 1.20 e. The number of aromatic nitrogens is 3. The standard InChI is InChI=1S/C49H29N.C44H32N2.3C9H7NO.Al/c50-30-31-18-20-32(21-19-31)35-22-23-37-29-38(25-24-36(37)28-35)39-26-27-44-47-40(39)16-9-17-43(47)48-45(33-10-3-1-4-11-33)41-14-7-8-15-42(41)46(49(44)48)34-12-5-2-6-13-34;1-3-17-37(18-4-1)45(43-23-11-15-35-13-7-9-21-41(35)43)39-29-25-33(26-30-39)34-27-31-40(32-28-34)46(38-19-5-2-6-20-38)44-24-12-16-36-14-8-10-22-42(36)44;3*11-8-5-1-3-7-4-2-6-10-9(7)8;/h1-29H;1-32H;3*1-6,11H;/q;;;;;+3/p-3. The van der Waals surface area contributed by atoms with Crippen molar-refractivity contribution in [2.75, 3.05) is 9.80 Å². The Morgan fingerprint density at radius 1 is 0.223 bits per heavy atom. The first-order chi connectivity index (χ1) is 64.4. The second kappa shape index (κ2) is 35.2. The third-order valence-corrected chi connectivity index (χ3v) is 25.8. The van der Waals surface area contributed by atoms with Crippen LogP contribution in [0.15, 0.2) is 480 Å². The predicted octanol–water partition coefficient (Wildman–Crippen LogP) is 31.8. The molecule has 20 aromatic carbocycles. The van der Waals surface area contributed by atoms with Crippen LogP contribution in [0.25, 0.3) is 164 Å². The van der Waals surface area contributed by atoms with Gasteiger partial charge in [0.1, 0.15) is 33.8 Å². The highest BCUT2D eigenvalue weighted by Gasteiger charge is 2.46. The van der Waals surface area contributed by atoms with Gasteiger partial charge in [-0.3, -0.25) is 15.0 Å². The van der Waals surface area contributed by atoms with Crippen LogP contribution in [0.5, 0.6) is 17.2 Å². The summed E-state index contributed by atoms with van der Waals surface area (Å²) in [5.74, 6) is 1.82. The summed E-state index contributed by atoms with van der Waals surface area (Å²) in [7, 11) is 0. The fourth-order valence-corrected chi connectivity index (χ4v) is 19.8.